The highest BCUT2D eigenvalue weighted by Gasteiger charge is 2.09. The van der Waals surface area contributed by atoms with Crippen LogP contribution in [0, 0.1) is 0 Å². The van der Waals surface area contributed by atoms with Gasteiger partial charge in [-0.05, 0) is 0 Å². The molecule has 0 spiro atoms. The van der Waals surface area contributed by atoms with Gasteiger partial charge in [0.1, 0.15) is 0 Å². The van der Waals surface area contributed by atoms with Crippen molar-refractivity contribution in [3.63, 3.8) is 0 Å². The molecule has 0 rings (SSSR count). The third-order valence-electron chi connectivity index (χ3n) is 1.000. The molecule has 0 aliphatic carbocycles. The predicted molar refractivity (Wildman–Crippen MR) is 38.4 cm³/mol. The minimum absolute atomic E-state index is 0.657. The molecule has 44 valence electrons. The second-order valence-corrected chi connectivity index (χ2v) is 8.93. The molecule has 0 heterocycles. The summed E-state index contributed by atoms with van der Waals surface area (Å²) < 4.78 is 0. The van der Waals surface area contributed by atoms with E-state index in [1.165, 1.54) is 12.5 Å². The molecule has 1 heteroatoms. The molecule has 0 nitrogen and oxygen atoms in total. The zero-order valence-electron chi connectivity index (χ0n) is 5.91. The van der Waals surface area contributed by atoms with E-state index in [0.717, 1.165) is 0 Å². The summed E-state index contributed by atoms with van der Waals surface area (Å²) in [5, 5.41) is 0. The number of rotatable bonds is 2. The Morgan fingerprint density at radius 2 is 1.57 bits per heavy atom. The van der Waals surface area contributed by atoms with E-state index in [4.69, 9.17) is 0 Å². The number of hydrogen-bond acceptors (Lipinski definition) is 0. The molecule has 0 bridgehead atoms. The highest BCUT2D eigenvalue weighted by Crippen LogP contribution is 2.09. The van der Waals surface area contributed by atoms with Crippen LogP contribution >= 0.6 is 0 Å². The van der Waals surface area contributed by atoms with Gasteiger partial charge in [-0.25, -0.2) is 0 Å². The Morgan fingerprint density at radius 1 is 1.14 bits per heavy atom. The lowest BCUT2D eigenvalue weighted by atomic mass is 10.6. The molecule has 0 aliphatic heterocycles. The van der Waals surface area contributed by atoms with E-state index in [1.807, 2.05) is 0 Å². The SMILES string of the molecule is CCC[Si](C)(C)C. The molecule has 7 heavy (non-hydrogen) atoms. The van der Waals surface area contributed by atoms with Gasteiger partial charge in [0.15, 0.2) is 0 Å². The Morgan fingerprint density at radius 3 is 1.57 bits per heavy atom. The summed E-state index contributed by atoms with van der Waals surface area (Å²) in [6, 6.07) is 1.48. The van der Waals surface area contributed by atoms with Crippen LogP contribution in [0.25, 0.3) is 0 Å². The van der Waals surface area contributed by atoms with Crippen LogP contribution in [0.5, 0.6) is 0 Å². The molecule has 0 atom stereocenters. The zero-order chi connectivity index (χ0) is 5.91. The Bertz CT molecular complexity index is 42.6. The Balaban J connectivity index is 3.15. The van der Waals surface area contributed by atoms with Crippen LogP contribution in [0.2, 0.25) is 25.7 Å². The quantitative estimate of drug-likeness (QED) is 0.487. The lowest BCUT2D eigenvalue weighted by molar-refractivity contribution is 1.05. The summed E-state index contributed by atoms with van der Waals surface area (Å²) in [5.41, 5.74) is 0. The van der Waals surface area contributed by atoms with E-state index in [2.05, 4.69) is 26.6 Å². The van der Waals surface area contributed by atoms with Gasteiger partial charge in [-0.15, -0.1) is 0 Å². The average molecular weight is 116 g/mol. The van der Waals surface area contributed by atoms with Gasteiger partial charge in [-0.2, -0.15) is 0 Å². The van der Waals surface area contributed by atoms with Gasteiger partial charge in [0.05, 0.1) is 0 Å². The monoisotopic (exact) mass is 116 g/mol. The molecule has 0 amide bonds. The second-order valence-electron chi connectivity index (χ2n) is 3.31. The van der Waals surface area contributed by atoms with Gasteiger partial charge in [-0.1, -0.05) is 39.0 Å². The van der Waals surface area contributed by atoms with Crippen LogP contribution in [0.1, 0.15) is 13.3 Å². The van der Waals surface area contributed by atoms with E-state index >= 15 is 0 Å². The summed E-state index contributed by atoms with van der Waals surface area (Å²) in [7, 11) is -0.657. The predicted octanol–water partition coefficient (Wildman–Crippen LogP) is 2.73. The van der Waals surface area contributed by atoms with Crippen molar-refractivity contribution in [1.29, 1.82) is 0 Å². The summed E-state index contributed by atoms with van der Waals surface area (Å²) in [4.78, 5) is 0. The summed E-state index contributed by atoms with van der Waals surface area (Å²) in [6.07, 6.45) is 1.37. The van der Waals surface area contributed by atoms with Crippen LogP contribution in [-0.4, -0.2) is 8.07 Å². The van der Waals surface area contributed by atoms with Gasteiger partial charge in [-0.3, -0.25) is 0 Å². The van der Waals surface area contributed by atoms with E-state index in [9.17, 15) is 0 Å². The fourth-order valence-corrected chi connectivity index (χ4v) is 2.25. The summed E-state index contributed by atoms with van der Waals surface area (Å²) in [6.45, 7) is 9.50. The van der Waals surface area contributed by atoms with Gasteiger partial charge < -0.3 is 0 Å². The maximum absolute atomic E-state index is 2.41. The molecule has 0 N–H and O–H groups in total. The molecule has 0 aromatic rings. The topological polar surface area (TPSA) is 0 Å². The highest BCUT2D eigenvalue weighted by atomic mass is 28.3. The fraction of sp³-hybridized carbons (Fsp3) is 1.00. The summed E-state index contributed by atoms with van der Waals surface area (Å²) in [5.74, 6) is 0. The van der Waals surface area contributed by atoms with Gasteiger partial charge in [0.25, 0.3) is 0 Å². The minimum atomic E-state index is -0.657. The molecule has 0 radical (unpaired) electrons. The van der Waals surface area contributed by atoms with E-state index in [1.54, 1.807) is 0 Å². The van der Waals surface area contributed by atoms with Crippen molar-refractivity contribution in [1.82, 2.24) is 0 Å². The number of hydrogen-bond donors (Lipinski definition) is 0. The second kappa shape index (κ2) is 2.51. The Kier molecular flexibility index (Phi) is 2.58. The third-order valence-corrected chi connectivity index (χ3v) is 3.00. The third kappa shape index (κ3) is 6.22. The highest BCUT2D eigenvalue weighted by molar-refractivity contribution is 6.76. The normalized spacial score (nSPS) is 12.0. The van der Waals surface area contributed by atoms with Crippen molar-refractivity contribution in [3.8, 4) is 0 Å². The standard InChI is InChI=1S/C6H16Si/c1-5-6-7(2,3)4/h5-6H2,1-4H3. The molecular formula is C6H16Si. The van der Waals surface area contributed by atoms with Crippen molar-refractivity contribution < 1.29 is 0 Å². The van der Waals surface area contributed by atoms with Crippen LogP contribution in [0.15, 0.2) is 0 Å². The smallest absolute Gasteiger partial charge is 0.0442 e. The molecule has 0 saturated heterocycles. The molecule has 0 fully saturated rings. The molecule has 0 saturated carbocycles. The van der Waals surface area contributed by atoms with Crippen molar-refractivity contribution >= 4 is 8.07 Å². The first-order valence-electron chi connectivity index (χ1n) is 3.06. The molecule has 0 aromatic carbocycles. The van der Waals surface area contributed by atoms with E-state index in [0.29, 0.717) is 0 Å². The first kappa shape index (κ1) is 7.22. The van der Waals surface area contributed by atoms with Crippen molar-refractivity contribution in [3.05, 3.63) is 0 Å². The minimum Gasteiger partial charge on any atom is -0.0695 e. The fourth-order valence-electron chi connectivity index (χ4n) is 0.750. The van der Waals surface area contributed by atoms with Gasteiger partial charge >= 0.3 is 0 Å². The Hall–Kier alpha value is 0.217. The maximum atomic E-state index is 2.41. The largest absolute Gasteiger partial charge is 0.0695 e. The van der Waals surface area contributed by atoms with Crippen molar-refractivity contribution in [2.75, 3.05) is 0 Å². The van der Waals surface area contributed by atoms with E-state index in [-0.39, 0.29) is 0 Å². The van der Waals surface area contributed by atoms with E-state index < -0.39 is 8.07 Å². The van der Waals surface area contributed by atoms with Gasteiger partial charge in [0.2, 0.25) is 0 Å². The molecular weight excluding hydrogens is 100 g/mol. The van der Waals surface area contributed by atoms with Gasteiger partial charge in [0, 0.05) is 8.07 Å². The molecule has 0 aromatic heterocycles. The van der Waals surface area contributed by atoms with Crippen LogP contribution in [-0.2, 0) is 0 Å². The van der Waals surface area contributed by atoms with Crippen LogP contribution < -0.4 is 0 Å². The molecule has 0 unspecified atom stereocenters. The first-order chi connectivity index (χ1) is 3.06. The van der Waals surface area contributed by atoms with Crippen molar-refractivity contribution in [2.45, 2.75) is 39.0 Å². The van der Waals surface area contributed by atoms with Crippen LogP contribution in [0.3, 0.4) is 0 Å². The zero-order valence-corrected chi connectivity index (χ0v) is 6.91. The lowest BCUT2D eigenvalue weighted by Gasteiger charge is -2.12. The Labute approximate surface area is 47.9 Å². The van der Waals surface area contributed by atoms with Crippen molar-refractivity contribution in [2.24, 2.45) is 0 Å². The lowest BCUT2D eigenvalue weighted by Crippen LogP contribution is -2.17. The summed E-state index contributed by atoms with van der Waals surface area (Å²) >= 11 is 0. The first-order valence-corrected chi connectivity index (χ1v) is 6.77. The molecule has 0 aliphatic rings. The average Bonchev–Trinajstić information content (AvgIpc) is 1.30. The van der Waals surface area contributed by atoms with Crippen LogP contribution in [0.4, 0.5) is 0 Å². The maximum Gasteiger partial charge on any atom is 0.0442 e.